The number of aromatic amines is 1. The molecular formula is C8H9ClN6. The fourth-order valence-corrected chi connectivity index (χ4v) is 1.21. The summed E-state index contributed by atoms with van der Waals surface area (Å²) in [5.41, 5.74) is 6.96. The Kier molecular flexibility index (Phi) is 2.68. The molecule has 0 aromatic carbocycles. The first-order chi connectivity index (χ1) is 7.27. The summed E-state index contributed by atoms with van der Waals surface area (Å²) in [5, 5.41) is 9.90. The standard InChI is InChI=1S/C8H9ClN6/c9-7-6(10)8(13-4-12-7)11-3-5-1-2-14-15-5/h1-2,4H,3,10H2,(H,14,15)(H,11,12,13). The summed E-state index contributed by atoms with van der Waals surface area (Å²) in [6, 6.07) is 1.85. The van der Waals surface area contributed by atoms with Crippen molar-refractivity contribution in [2.75, 3.05) is 11.1 Å². The van der Waals surface area contributed by atoms with Crippen LogP contribution in [-0.4, -0.2) is 20.2 Å². The van der Waals surface area contributed by atoms with Gasteiger partial charge in [-0.3, -0.25) is 5.10 Å². The van der Waals surface area contributed by atoms with Crippen LogP contribution in [0.5, 0.6) is 0 Å². The molecule has 2 aromatic rings. The van der Waals surface area contributed by atoms with Crippen LogP contribution in [-0.2, 0) is 6.54 Å². The molecule has 0 fully saturated rings. The molecule has 6 nitrogen and oxygen atoms in total. The van der Waals surface area contributed by atoms with Gasteiger partial charge in [0.15, 0.2) is 11.0 Å². The van der Waals surface area contributed by atoms with Crippen molar-refractivity contribution in [3.63, 3.8) is 0 Å². The van der Waals surface area contributed by atoms with Crippen molar-refractivity contribution in [2.45, 2.75) is 6.54 Å². The van der Waals surface area contributed by atoms with E-state index in [1.54, 1.807) is 6.20 Å². The predicted octanol–water partition coefficient (Wildman–Crippen LogP) is 1.05. The summed E-state index contributed by atoms with van der Waals surface area (Å²) in [5.74, 6) is 0.518. The lowest BCUT2D eigenvalue weighted by atomic mass is 10.4. The number of nitrogens with two attached hydrogens (primary N) is 1. The maximum atomic E-state index is 5.74. The first kappa shape index (κ1) is 9.72. The molecule has 0 saturated carbocycles. The number of hydrogen-bond acceptors (Lipinski definition) is 5. The summed E-state index contributed by atoms with van der Waals surface area (Å²) >= 11 is 5.74. The largest absolute Gasteiger partial charge is 0.393 e. The second kappa shape index (κ2) is 4.14. The first-order valence-corrected chi connectivity index (χ1v) is 4.63. The predicted molar refractivity (Wildman–Crippen MR) is 57.4 cm³/mol. The highest BCUT2D eigenvalue weighted by atomic mass is 35.5. The van der Waals surface area contributed by atoms with Gasteiger partial charge in [0.2, 0.25) is 0 Å². The summed E-state index contributed by atoms with van der Waals surface area (Å²) in [4.78, 5) is 7.73. The first-order valence-electron chi connectivity index (χ1n) is 4.25. The smallest absolute Gasteiger partial charge is 0.157 e. The third kappa shape index (κ3) is 2.16. The molecule has 0 aliphatic rings. The number of H-pyrrole nitrogens is 1. The van der Waals surface area contributed by atoms with Crippen molar-refractivity contribution in [2.24, 2.45) is 0 Å². The van der Waals surface area contributed by atoms with Crippen LogP contribution >= 0.6 is 11.6 Å². The molecule has 4 N–H and O–H groups in total. The highest BCUT2D eigenvalue weighted by molar-refractivity contribution is 6.32. The van der Waals surface area contributed by atoms with Crippen molar-refractivity contribution in [1.29, 1.82) is 0 Å². The van der Waals surface area contributed by atoms with E-state index >= 15 is 0 Å². The lowest BCUT2D eigenvalue weighted by Gasteiger charge is -2.06. The minimum Gasteiger partial charge on any atom is -0.393 e. The number of anilines is 2. The van der Waals surface area contributed by atoms with Gasteiger partial charge in [-0.1, -0.05) is 11.6 Å². The molecule has 0 bridgehead atoms. The van der Waals surface area contributed by atoms with Crippen LogP contribution in [0.15, 0.2) is 18.6 Å². The van der Waals surface area contributed by atoms with Crippen LogP contribution in [0.2, 0.25) is 5.15 Å². The van der Waals surface area contributed by atoms with Crippen LogP contribution in [0.25, 0.3) is 0 Å². The Labute approximate surface area is 90.9 Å². The van der Waals surface area contributed by atoms with E-state index in [4.69, 9.17) is 17.3 Å². The number of nitrogens with one attached hydrogen (secondary N) is 2. The Morgan fingerprint density at radius 2 is 2.33 bits per heavy atom. The highest BCUT2D eigenvalue weighted by Crippen LogP contribution is 2.21. The van der Waals surface area contributed by atoms with Crippen LogP contribution in [0, 0.1) is 0 Å². The Morgan fingerprint density at radius 1 is 1.47 bits per heavy atom. The fraction of sp³-hybridized carbons (Fsp3) is 0.125. The van der Waals surface area contributed by atoms with Gasteiger partial charge in [-0.2, -0.15) is 5.10 Å². The number of nitrogen functional groups attached to an aromatic ring is 1. The zero-order chi connectivity index (χ0) is 10.7. The van der Waals surface area contributed by atoms with Crippen LogP contribution in [0.1, 0.15) is 5.69 Å². The van der Waals surface area contributed by atoms with Gasteiger partial charge < -0.3 is 11.1 Å². The molecule has 0 aliphatic carbocycles. The van der Waals surface area contributed by atoms with Crippen molar-refractivity contribution in [1.82, 2.24) is 20.2 Å². The Hall–Kier alpha value is -1.82. The SMILES string of the molecule is Nc1c(Cl)ncnc1NCc1ccn[nH]1. The lowest BCUT2D eigenvalue weighted by molar-refractivity contribution is 0.972. The van der Waals surface area contributed by atoms with Gasteiger partial charge in [-0.05, 0) is 6.07 Å². The van der Waals surface area contributed by atoms with E-state index in [2.05, 4.69) is 25.5 Å². The van der Waals surface area contributed by atoms with Crippen molar-refractivity contribution in [3.8, 4) is 0 Å². The zero-order valence-electron chi connectivity index (χ0n) is 7.74. The van der Waals surface area contributed by atoms with E-state index in [1.165, 1.54) is 6.33 Å². The molecule has 0 atom stereocenters. The third-order valence-electron chi connectivity index (χ3n) is 1.84. The van der Waals surface area contributed by atoms with Crippen molar-refractivity contribution >= 4 is 23.1 Å². The zero-order valence-corrected chi connectivity index (χ0v) is 8.49. The van der Waals surface area contributed by atoms with E-state index in [0.29, 0.717) is 18.1 Å². The van der Waals surface area contributed by atoms with Crippen molar-refractivity contribution in [3.05, 3.63) is 29.4 Å². The number of halogens is 1. The summed E-state index contributed by atoms with van der Waals surface area (Å²) in [6.45, 7) is 0.553. The minimum atomic E-state index is 0.247. The summed E-state index contributed by atoms with van der Waals surface area (Å²) in [6.07, 6.45) is 3.03. The molecular weight excluding hydrogens is 216 g/mol. The molecule has 2 rings (SSSR count). The van der Waals surface area contributed by atoms with Gasteiger partial charge in [-0.15, -0.1) is 0 Å². The average Bonchev–Trinajstić information content (AvgIpc) is 2.73. The molecule has 0 unspecified atom stereocenters. The molecule has 15 heavy (non-hydrogen) atoms. The molecule has 0 amide bonds. The number of hydrogen-bond donors (Lipinski definition) is 3. The Morgan fingerprint density at radius 3 is 3.07 bits per heavy atom. The summed E-state index contributed by atoms with van der Waals surface area (Å²) < 4.78 is 0. The second-order valence-electron chi connectivity index (χ2n) is 2.86. The minimum absolute atomic E-state index is 0.247. The topological polar surface area (TPSA) is 92.5 Å². The van der Waals surface area contributed by atoms with Gasteiger partial charge in [-0.25, -0.2) is 9.97 Å². The van der Waals surface area contributed by atoms with Gasteiger partial charge >= 0.3 is 0 Å². The quantitative estimate of drug-likeness (QED) is 0.678. The molecule has 0 saturated heterocycles. The van der Waals surface area contributed by atoms with E-state index < -0.39 is 0 Å². The lowest BCUT2D eigenvalue weighted by Crippen LogP contribution is -2.05. The molecule has 7 heteroatoms. The highest BCUT2D eigenvalue weighted by Gasteiger charge is 2.05. The maximum absolute atomic E-state index is 5.74. The molecule has 78 valence electrons. The molecule has 2 aromatic heterocycles. The monoisotopic (exact) mass is 224 g/mol. The van der Waals surface area contributed by atoms with Crippen molar-refractivity contribution < 1.29 is 0 Å². The maximum Gasteiger partial charge on any atom is 0.157 e. The Balaban J connectivity index is 2.08. The van der Waals surface area contributed by atoms with Crippen LogP contribution < -0.4 is 11.1 Å². The molecule has 0 aliphatic heterocycles. The number of rotatable bonds is 3. The second-order valence-corrected chi connectivity index (χ2v) is 3.22. The van der Waals surface area contributed by atoms with Crippen LogP contribution in [0.4, 0.5) is 11.5 Å². The third-order valence-corrected chi connectivity index (χ3v) is 2.14. The molecule has 2 heterocycles. The molecule has 0 radical (unpaired) electrons. The molecule has 0 spiro atoms. The van der Waals surface area contributed by atoms with E-state index in [9.17, 15) is 0 Å². The van der Waals surface area contributed by atoms with Gasteiger partial charge in [0.1, 0.15) is 12.0 Å². The summed E-state index contributed by atoms with van der Waals surface area (Å²) in [7, 11) is 0. The fourth-order valence-electron chi connectivity index (χ4n) is 1.08. The van der Waals surface area contributed by atoms with E-state index in [0.717, 1.165) is 5.69 Å². The Bertz CT molecular complexity index is 440. The number of aromatic nitrogens is 4. The normalized spacial score (nSPS) is 10.2. The van der Waals surface area contributed by atoms with E-state index in [-0.39, 0.29) is 5.15 Å². The van der Waals surface area contributed by atoms with Gasteiger partial charge in [0.05, 0.1) is 12.2 Å². The van der Waals surface area contributed by atoms with Gasteiger partial charge in [0, 0.05) is 6.20 Å². The number of nitrogens with zero attached hydrogens (tertiary/aromatic N) is 3. The average molecular weight is 225 g/mol. The van der Waals surface area contributed by atoms with Gasteiger partial charge in [0.25, 0.3) is 0 Å². The van der Waals surface area contributed by atoms with E-state index in [1.807, 2.05) is 6.07 Å². The van der Waals surface area contributed by atoms with Crippen LogP contribution in [0.3, 0.4) is 0 Å².